The highest BCUT2D eigenvalue weighted by Gasteiger charge is 2.46. The second-order valence-corrected chi connectivity index (χ2v) is 7.41. The fourth-order valence-corrected chi connectivity index (χ4v) is 4.25. The Morgan fingerprint density at radius 3 is 2.64 bits per heavy atom. The quantitative estimate of drug-likeness (QED) is 0.804. The molecule has 0 saturated heterocycles. The van der Waals surface area contributed by atoms with E-state index in [1.54, 1.807) is 0 Å². The standard InChI is InChI=1S/C20H25NO/c1-22-17-8-10-20(11-9-17)13-16-7-6-15(5-4-14-2-3-14)12-18(16)19(20)21/h6-7,12,14,17,19H,2-3,8-11,13,21H2,1H3/t17-,19?,20-. The van der Waals surface area contributed by atoms with Crippen LogP contribution in [0, 0.1) is 23.2 Å². The van der Waals surface area contributed by atoms with Gasteiger partial charge in [-0.2, -0.15) is 0 Å². The Morgan fingerprint density at radius 2 is 1.95 bits per heavy atom. The summed E-state index contributed by atoms with van der Waals surface area (Å²) in [6, 6.07) is 6.87. The van der Waals surface area contributed by atoms with Gasteiger partial charge in [0.15, 0.2) is 0 Å². The summed E-state index contributed by atoms with van der Waals surface area (Å²) in [5, 5.41) is 0. The number of rotatable bonds is 1. The fraction of sp³-hybridized carbons (Fsp3) is 0.600. The Bertz CT molecular complexity index is 627. The van der Waals surface area contributed by atoms with Crippen molar-refractivity contribution in [2.24, 2.45) is 17.1 Å². The van der Waals surface area contributed by atoms with Gasteiger partial charge in [-0.3, -0.25) is 0 Å². The summed E-state index contributed by atoms with van der Waals surface area (Å²) in [6.45, 7) is 0. The molecule has 0 radical (unpaired) electrons. The first-order valence-electron chi connectivity index (χ1n) is 8.63. The summed E-state index contributed by atoms with van der Waals surface area (Å²) >= 11 is 0. The second-order valence-electron chi connectivity index (χ2n) is 7.41. The van der Waals surface area contributed by atoms with Crippen molar-refractivity contribution < 1.29 is 4.74 Å². The van der Waals surface area contributed by atoms with E-state index in [0.29, 0.717) is 12.0 Å². The van der Waals surface area contributed by atoms with E-state index >= 15 is 0 Å². The Kier molecular flexibility index (Phi) is 3.51. The topological polar surface area (TPSA) is 35.2 Å². The van der Waals surface area contributed by atoms with Crippen molar-refractivity contribution in [1.29, 1.82) is 0 Å². The maximum Gasteiger partial charge on any atom is 0.0571 e. The predicted molar refractivity (Wildman–Crippen MR) is 88.4 cm³/mol. The van der Waals surface area contributed by atoms with Gasteiger partial charge in [0.05, 0.1) is 6.10 Å². The molecule has 116 valence electrons. The van der Waals surface area contributed by atoms with Crippen LogP contribution in [0.2, 0.25) is 0 Å². The zero-order valence-electron chi connectivity index (χ0n) is 13.4. The van der Waals surface area contributed by atoms with Gasteiger partial charge in [0.1, 0.15) is 0 Å². The SMILES string of the molecule is CO[C@H]1CC[C@]2(CC1)Cc1ccc(C#CC3CC3)cc1C2N. The normalized spacial score (nSPS) is 33.4. The summed E-state index contributed by atoms with van der Waals surface area (Å²) in [4.78, 5) is 0. The molecule has 2 saturated carbocycles. The van der Waals surface area contributed by atoms with Gasteiger partial charge in [0, 0.05) is 24.6 Å². The van der Waals surface area contributed by atoms with Crippen molar-refractivity contribution >= 4 is 0 Å². The molecule has 1 aromatic carbocycles. The molecule has 0 heterocycles. The summed E-state index contributed by atoms with van der Waals surface area (Å²) in [5.74, 6) is 7.35. The molecule has 3 aliphatic carbocycles. The fourth-order valence-electron chi connectivity index (χ4n) is 4.25. The first-order chi connectivity index (χ1) is 10.7. The molecule has 1 atom stereocenters. The Morgan fingerprint density at radius 1 is 1.18 bits per heavy atom. The monoisotopic (exact) mass is 295 g/mol. The lowest BCUT2D eigenvalue weighted by molar-refractivity contribution is 0.0207. The van der Waals surface area contributed by atoms with Crippen molar-refractivity contribution in [2.45, 2.75) is 57.1 Å². The molecule has 0 aromatic heterocycles. The summed E-state index contributed by atoms with van der Waals surface area (Å²) < 4.78 is 5.53. The van der Waals surface area contributed by atoms with Crippen molar-refractivity contribution in [2.75, 3.05) is 7.11 Å². The largest absolute Gasteiger partial charge is 0.381 e. The van der Waals surface area contributed by atoms with E-state index in [2.05, 4.69) is 30.0 Å². The maximum absolute atomic E-state index is 6.69. The third-order valence-electron chi connectivity index (χ3n) is 5.94. The van der Waals surface area contributed by atoms with E-state index in [1.165, 1.54) is 36.8 Å². The van der Waals surface area contributed by atoms with Crippen LogP contribution in [-0.2, 0) is 11.2 Å². The molecule has 22 heavy (non-hydrogen) atoms. The number of hydrogen-bond acceptors (Lipinski definition) is 2. The second kappa shape index (κ2) is 5.41. The minimum absolute atomic E-state index is 0.169. The summed E-state index contributed by atoms with van der Waals surface area (Å²) in [6.07, 6.45) is 8.79. The molecular weight excluding hydrogens is 270 g/mol. The number of ether oxygens (including phenoxy) is 1. The maximum atomic E-state index is 6.69. The van der Waals surface area contributed by atoms with Crippen molar-refractivity contribution in [3.05, 3.63) is 34.9 Å². The van der Waals surface area contributed by atoms with E-state index < -0.39 is 0 Å². The minimum atomic E-state index is 0.169. The van der Waals surface area contributed by atoms with Gasteiger partial charge < -0.3 is 10.5 Å². The van der Waals surface area contributed by atoms with E-state index in [0.717, 1.165) is 24.8 Å². The van der Waals surface area contributed by atoms with Gasteiger partial charge in [-0.05, 0) is 73.6 Å². The molecule has 1 unspecified atom stereocenters. The van der Waals surface area contributed by atoms with Gasteiger partial charge in [0.2, 0.25) is 0 Å². The highest BCUT2D eigenvalue weighted by molar-refractivity contribution is 5.46. The van der Waals surface area contributed by atoms with Crippen LogP contribution < -0.4 is 5.73 Å². The van der Waals surface area contributed by atoms with Crippen LogP contribution in [-0.4, -0.2) is 13.2 Å². The van der Waals surface area contributed by atoms with Crippen molar-refractivity contribution in [1.82, 2.24) is 0 Å². The molecule has 0 aliphatic heterocycles. The Hall–Kier alpha value is -1.30. The minimum Gasteiger partial charge on any atom is -0.381 e. The van der Waals surface area contributed by atoms with Crippen LogP contribution in [0.25, 0.3) is 0 Å². The van der Waals surface area contributed by atoms with E-state index in [4.69, 9.17) is 10.5 Å². The lowest BCUT2D eigenvalue weighted by Gasteiger charge is -2.40. The number of fused-ring (bicyclic) bond motifs is 1. The molecule has 2 N–H and O–H groups in total. The zero-order valence-corrected chi connectivity index (χ0v) is 13.4. The van der Waals surface area contributed by atoms with Gasteiger partial charge >= 0.3 is 0 Å². The summed E-state index contributed by atoms with van der Waals surface area (Å²) in [7, 11) is 1.83. The molecule has 2 nitrogen and oxygen atoms in total. The number of benzene rings is 1. The van der Waals surface area contributed by atoms with E-state index in [-0.39, 0.29) is 11.5 Å². The highest BCUT2D eigenvalue weighted by atomic mass is 16.5. The lowest BCUT2D eigenvalue weighted by Crippen LogP contribution is -2.37. The van der Waals surface area contributed by atoms with Crippen LogP contribution in [0.5, 0.6) is 0 Å². The molecule has 2 heteroatoms. The molecule has 1 spiro atoms. The van der Waals surface area contributed by atoms with Crippen molar-refractivity contribution in [3.63, 3.8) is 0 Å². The van der Waals surface area contributed by atoms with E-state index in [1.807, 2.05) is 7.11 Å². The van der Waals surface area contributed by atoms with Gasteiger partial charge in [-0.15, -0.1) is 0 Å². The molecule has 1 aromatic rings. The Labute approximate surface area is 133 Å². The third-order valence-corrected chi connectivity index (χ3v) is 5.94. The average Bonchev–Trinajstić information content (AvgIpc) is 3.34. The Balaban J connectivity index is 1.56. The third kappa shape index (κ3) is 2.47. The first kappa shape index (κ1) is 14.3. The van der Waals surface area contributed by atoms with Crippen LogP contribution in [0.1, 0.15) is 61.3 Å². The molecular formula is C20H25NO. The number of hydrogen-bond donors (Lipinski definition) is 1. The molecule has 4 rings (SSSR count). The van der Waals surface area contributed by atoms with Crippen LogP contribution in [0.4, 0.5) is 0 Å². The molecule has 2 fully saturated rings. The highest BCUT2D eigenvalue weighted by Crippen LogP contribution is 2.53. The average molecular weight is 295 g/mol. The molecule has 0 amide bonds. The van der Waals surface area contributed by atoms with Gasteiger partial charge in [-0.1, -0.05) is 17.9 Å². The van der Waals surface area contributed by atoms with Crippen molar-refractivity contribution in [3.8, 4) is 11.8 Å². The van der Waals surface area contributed by atoms with Gasteiger partial charge in [-0.25, -0.2) is 0 Å². The smallest absolute Gasteiger partial charge is 0.0571 e. The predicted octanol–water partition coefficient (Wildman–Crippen LogP) is 3.58. The van der Waals surface area contributed by atoms with Gasteiger partial charge in [0.25, 0.3) is 0 Å². The number of nitrogens with two attached hydrogens (primary N) is 1. The van der Waals surface area contributed by atoms with E-state index in [9.17, 15) is 0 Å². The summed E-state index contributed by atoms with van der Waals surface area (Å²) in [5.41, 5.74) is 10.9. The lowest BCUT2D eigenvalue weighted by atomic mass is 9.69. The zero-order chi connectivity index (χ0) is 15.2. The molecule has 0 bridgehead atoms. The van der Waals surface area contributed by atoms with Crippen LogP contribution in [0.3, 0.4) is 0 Å². The van der Waals surface area contributed by atoms with Crippen LogP contribution >= 0.6 is 0 Å². The van der Waals surface area contributed by atoms with Crippen LogP contribution in [0.15, 0.2) is 18.2 Å². The number of methoxy groups -OCH3 is 1. The molecule has 3 aliphatic rings. The first-order valence-corrected chi connectivity index (χ1v) is 8.63.